The first-order chi connectivity index (χ1) is 17.7. The third-order valence-electron chi connectivity index (χ3n) is 6.77. The van der Waals surface area contributed by atoms with E-state index in [0.29, 0.717) is 17.7 Å². The molecule has 9 heteroatoms. The Morgan fingerprint density at radius 3 is 2.57 bits per heavy atom. The lowest BCUT2D eigenvalue weighted by Crippen LogP contribution is -2.43. The van der Waals surface area contributed by atoms with Crippen molar-refractivity contribution in [1.29, 1.82) is 0 Å². The van der Waals surface area contributed by atoms with E-state index in [-0.39, 0.29) is 5.69 Å². The number of imidazole rings is 1. The molecule has 0 radical (unpaired) electrons. The average Bonchev–Trinajstić information content (AvgIpc) is 3.29. The first kappa shape index (κ1) is 25.0. The number of benzene rings is 2. The van der Waals surface area contributed by atoms with Gasteiger partial charge in [-0.25, -0.2) is 4.98 Å². The molecule has 2 aromatic carbocycles. The minimum absolute atomic E-state index is 0.126. The summed E-state index contributed by atoms with van der Waals surface area (Å²) in [6.07, 6.45) is -0.872. The van der Waals surface area contributed by atoms with Crippen LogP contribution in [0.25, 0.3) is 16.9 Å². The van der Waals surface area contributed by atoms with Gasteiger partial charge in [0.1, 0.15) is 5.65 Å². The molecule has 6 nitrogen and oxygen atoms in total. The topological polar surface area (TPSA) is 52.9 Å². The highest BCUT2D eigenvalue weighted by Gasteiger charge is 2.31. The highest BCUT2D eigenvalue weighted by molar-refractivity contribution is 6.05. The lowest BCUT2D eigenvalue weighted by molar-refractivity contribution is -0.137. The Morgan fingerprint density at radius 1 is 1.03 bits per heavy atom. The lowest BCUT2D eigenvalue weighted by atomic mass is 10.0. The number of carbonyl (C=O) groups excluding carboxylic acids is 1. The minimum Gasteiger partial charge on any atom is -0.322 e. The van der Waals surface area contributed by atoms with Crippen molar-refractivity contribution in [3.63, 3.8) is 0 Å². The Hall–Kier alpha value is -3.69. The largest absolute Gasteiger partial charge is 0.416 e. The van der Waals surface area contributed by atoms with Gasteiger partial charge in [-0.2, -0.15) is 13.2 Å². The maximum atomic E-state index is 13.7. The molecule has 0 atom stereocenters. The number of nitrogens with one attached hydrogen (secondary N) is 1. The molecule has 5 rings (SSSR count). The predicted octanol–water partition coefficient (Wildman–Crippen LogP) is 5.33. The van der Waals surface area contributed by atoms with Gasteiger partial charge in [0.05, 0.1) is 17.5 Å². The van der Waals surface area contributed by atoms with Crippen LogP contribution in [0.2, 0.25) is 0 Å². The van der Waals surface area contributed by atoms with Gasteiger partial charge in [0.25, 0.3) is 5.91 Å². The van der Waals surface area contributed by atoms with Crippen LogP contribution in [0.1, 0.15) is 27.0 Å². The second-order valence-electron chi connectivity index (χ2n) is 9.55. The molecular formula is C28H28F3N5O. The summed E-state index contributed by atoms with van der Waals surface area (Å²) in [5.74, 6) is -0.472. The summed E-state index contributed by atoms with van der Waals surface area (Å²) in [6, 6.07) is 14.7. The molecular weight excluding hydrogens is 479 g/mol. The van der Waals surface area contributed by atoms with Crippen molar-refractivity contribution in [3.05, 3.63) is 89.2 Å². The summed E-state index contributed by atoms with van der Waals surface area (Å²) in [4.78, 5) is 21.9. The van der Waals surface area contributed by atoms with Gasteiger partial charge in [0.2, 0.25) is 0 Å². The van der Waals surface area contributed by atoms with Gasteiger partial charge in [-0.1, -0.05) is 12.1 Å². The zero-order valence-corrected chi connectivity index (χ0v) is 20.7. The number of nitrogens with zero attached hydrogens (tertiary/aromatic N) is 4. The highest BCUT2D eigenvalue weighted by Crippen LogP contribution is 2.33. The van der Waals surface area contributed by atoms with Gasteiger partial charge < -0.3 is 10.2 Å². The third-order valence-corrected chi connectivity index (χ3v) is 6.77. The quantitative estimate of drug-likeness (QED) is 0.397. The second kappa shape index (κ2) is 9.99. The molecule has 1 aliphatic rings. The van der Waals surface area contributed by atoms with Gasteiger partial charge in [-0.15, -0.1) is 0 Å². The van der Waals surface area contributed by atoms with Crippen molar-refractivity contribution in [2.24, 2.45) is 0 Å². The Labute approximate surface area is 213 Å². The summed E-state index contributed by atoms with van der Waals surface area (Å²) in [5.41, 5.74) is 3.61. The first-order valence-electron chi connectivity index (χ1n) is 12.1. The average molecular weight is 508 g/mol. The number of alkyl halides is 3. The fourth-order valence-electron chi connectivity index (χ4n) is 4.66. The first-order valence-corrected chi connectivity index (χ1v) is 12.1. The second-order valence-corrected chi connectivity index (χ2v) is 9.55. The Morgan fingerprint density at radius 2 is 1.81 bits per heavy atom. The maximum absolute atomic E-state index is 13.7. The van der Waals surface area contributed by atoms with Gasteiger partial charge >= 0.3 is 6.18 Å². The normalized spacial score (nSPS) is 15.3. The van der Waals surface area contributed by atoms with Crippen molar-refractivity contribution in [2.75, 3.05) is 38.5 Å². The SMILES string of the molecule is Cc1ccc(C(=O)Nc2cc(CN3CCN(C)CC3)cc(C(F)(F)F)c2)cc1-c1cnc2ccccn12. The van der Waals surface area contributed by atoms with E-state index in [4.69, 9.17) is 0 Å². The summed E-state index contributed by atoms with van der Waals surface area (Å²) >= 11 is 0. The van der Waals surface area contributed by atoms with E-state index in [2.05, 4.69) is 20.1 Å². The third kappa shape index (κ3) is 5.52. The van der Waals surface area contributed by atoms with E-state index in [1.807, 2.05) is 48.8 Å². The van der Waals surface area contributed by atoms with Crippen LogP contribution in [0, 0.1) is 6.92 Å². The summed E-state index contributed by atoms with van der Waals surface area (Å²) in [5, 5.41) is 2.70. The Bertz CT molecular complexity index is 1440. The predicted molar refractivity (Wildman–Crippen MR) is 138 cm³/mol. The van der Waals surface area contributed by atoms with E-state index in [1.165, 1.54) is 6.07 Å². The molecule has 37 heavy (non-hydrogen) atoms. The fourth-order valence-corrected chi connectivity index (χ4v) is 4.66. The molecule has 2 aromatic heterocycles. The molecule has 0 unspecified atom stereocenters. The van der Waals surface area contributed by atoms with Crippen LogP contribution in [0.15, 0.2) is 67.0 Å². The van der Waals surface area contributed by atoms with Crippen LogP contribution in [0.3, 0.4) is 0 Å². The number of hydrogen-bond acceptors (Lipinski definition) is 4. The highest BCUT2D eigenvalue weighted by atomic mass is 19.4. The zero-order chi connectivity index (χ0) is 26.2. The van der Waals surface area contributed by atoms with Gasteiger partial charge in [0.15, 0.2) is 0 Å². The summed E-state index contributed by atoms with van der Waals surface area (Å²) in [6.45, 7) is 5.63. The fraction of sp³-hybridized carbons (Fsp3) is 0.286. The molecule has 0 bridgehead atoms. The van der Waals surface area contributed by atoms with Crippen molar-refractivity contribution < 1.29 is 18.0 Å². The molecule has 1 amide bonds. The van der Waals surface area contributed by atoms with Gasteiger partial charge in [-0.3, -0.25) is 14.1 Å². The Balaban J connectivity index is 1.42. The van der Waals surface area contributed by atoms with E-state index >= 15 is 0 Å². The number of anilines is 1. The van der Waals surface area contributed by atoms with Crippen molar-refractivity contribution in [1.82, 2.24) is 19.2 Å². The van der Waals surface area contributed by atoms with E-state index in [9.17, 15) is 18.0 Å². The molecule has 192 valence electrons. The van der Waals surface area contributed by atoms with Crippen LogP contribution in [0.5, 0.6) is 0 Å². The maximum Gasteiger partial charge on any atom is 0.416 e. The van der Waals surface area contributed by atoms with Crippen LogP contribution in [-0.4, -0.2) is 58.3 Å². The monoisotopic (exact) mass is 507 g/mol. The van der Waals surface area contributed by atoms with Crippen LogP contribution in [-0.2, 0) is 12.7 Å². The van der Waals surface area contributed by atoms with Gasteiger partial charge in [-0.05, 0) is 67.6 Å². The van der Waals surface area contributed by atoms with E-state index in [1.54, 1.807) is 24.4 Å². The molecule has 1 fully saturated rings. The standard InChI is InChI=1S/C28H28F3N5O/c1-19-6-7-21(15-24(19)25-17-32-26-5-3-4-8-36(25)26)27(37)33-23-14-20(13-22(16-23)28(29,30)31)18-35-11-9-34(2)10-12-35/h3-8,13-17H,9-12,18H2,1-2H3,(H,33,37). The zero-order valence-electron chi connectivity index (χ0n) is 20.7. The summed E-state index contributed by atoms with van der Waals surface area (Å²) in [7, 11) is 2.03. The van der Waals surface area contributed by atoms with Crippen LogP contribution >= 0.6 is 0 Å². The number of halogens is 3. The molecule has 0 aliphatic carbocycles. The lowest BCUT2D eigenvalue weighted by Gasteiger charge is -2.32. The molecule has 1 aliphatic heterocycles. The minimum atomic E-state index is -4.52. The van der Waals surface area contributed by atoms with Crippen molar-refractivity contribution >= 4 is 17.2 Å². The number of pyridine rings is 1. The molecule has 4 aromatic rings. The Kier molecular flexibility index (Phi) is 6.74. The number of piperazine rings is 1. The van der Waals surface area contributed by atoms with Crippen molar-refractivity contribution in [3.8, 4) is 11.3 Å². The van der Waals surface area contributed by atoms with E-state index in [0.717, 1.165) is 54.7 Å². The number of rotatable bonds is 5. The van der Waals surface area contributed by atoms with Crippen LogP contribution in [0.4, 0.5) is 18.9 Å². The van der Waals surface area contributed by atoms with Gasteiger partial charge in [0, 0.05) is 55.7 Å². The number of carbonyl (C=O) groups is 1. The molecule has 0 spiro atoms. The number of hydrogen-bond donors (Lipinski definition) is 1. The molecule has 1 N–H and O–H groups in total. The number of likely N-dealkylation sites (N-methyl/N-ethyl adjacent to an activating group) is 1. The number of aryl methyl sites for hydroxylation is 1. The summed E-state index contributed by atoms with van der Waals surface area (Å²) < 4.78 is 43.0. The molecule has 3 heterocycles. The number of fused-ring (bicyclic) bond motifs is 1. The van der Waals surface area contributed by atoms with E-state index < -0.39 is 17.6 Å². The number of amides is 1. The smallest absolute Gasteiger partial charge is 0.322 e. The molecule has 0 saturated carbocycles. The molecule has 1 saturated heterocycles. The van der Waals surface area contributed by atoms with Crippen molar-refractivity contribution in [2.45, 2.75) is 19.6 Å². The van der Waals surface area contributed by atoms with Crippen LogP contribution < -0.4 is 5.32 Å². The number of aromatic nitrogens is 2.